The van der Waals surface area contributed by atoms with Gasteiger partial charge in [0.2, 0.25) is 0 Å². The van der Waals surface area contributed by atoms with Crippen molar-refractivity contribution in [2.45, 2.75) is 103 Å². The zero-order chi connectivity index (χ0) is 21.6. The van der Waals surface area contributed by atoms with Gasteiger partial charge in [-0.2, -0.15) is 0 Å². The summed E-state index contributed by atoms with van der Waals surface area (Å²) in [4.78, 5) is 26.8. The van der Waals surface area contributed by atoms with Crippen LogP contribution in [0.5, 0.6) is 0 Å². The molecular weight excluding hydrogens is 386 g/mol. The molecule has 1 aliphatic heterocycles. The quantitative estimate of drug-likeness (QED) is 0.687. The zero-order valence-corrected chi connectivity index (χ0v) is 19.9. The molecule has 4 heteroatoms. The topological polar surface area (TPSA) is 47.8 Å². The summed E-state index contributed by atoms with van der Waals surface area (Å²) in [5.41, 5.74) is 0.365. The van der Waals surface area contributed by atoms with E-state index in [1.165, 1.54) is 58.0 Å². The van der Waals surface area contributed by atoms with Gasteiger partial charge in [0.15, 0.2) is 0 Å². The van der Waals surface area contributed by atoms with Gasteiger partial charge in [0.25, 0.3) is 0 Å². The number of carbonyl (C=O) groups excluding carboxylic acids is 2. The fourth-order valence-electron chi connectivity index (χ4n) is 8.92. The molecule has 0 radical (unpaired) electrons. The van der Waals surface area contributed by atoms with Crippen LogP contribution in [0.15, 0.2) is 0 Å². The van der Waals surface area contributed by atoms with Gasteiger partial charge in [-0.3, -0.25) is 9.59 Å². The van der Waals surface area contributed by atoms with Crippen LogP contribution in [0.2, 0.25) is 0 Å². The van der Waals surface area contributed by atoms with E-state index in [9.17, 15) is 9.59 Å². The molecule has 31 heavy (non-hydrogen) atoms. The van der Waals surface area contributed by atoms with E-state index in [2.05, 4.69) is 13.8 Å². The van der Waals surface area contributed by atoms with Gasteiger partial charge in [0.1, 0.15) is 11.9 Å². The number of carbonyl (C=O) groups is 2. The van der Waals surface area contributed by atoms with Gasteiger partial charge in [-0.25, -0.2) is 0 Å². The highest BCUT2D eigenvalue weighted by atomic mass is 16.5. The number of likely N-dealkylation sites (tertiary alicyclic amines) is 1. The van der Waals surface area contributed by atoms with Crippen molar-refractivity contribution in [1.29, 1.82) is 0 Å². The van der Waals surface area contributed by atoms with Crippen molar-refractivity contribution in [2.75, 3.05) is 19.6 Å². The summed E-state index contributed by atoms with van der Waals surface area (Å²) in [7, 11) is 0. The third kappa shape index (κ3) is 3.89. The number of nitrogens with one attached hydrogen (secondary N) is 1. The third-order valence-corrected chi connectivity index (χ3v) is 10.9. The monoisotopic (exact) mass is 430 g/mol. The Hall–Kier alpha value is -0.900. The van der Waals surface area contributed by atoms with Crippen LogP contribution in [0, 0.1) is 34.5 Å². The first-order valence-electron chi connectivity index (χ1n) is 13.5. The second-order valence-electron chi connectivity index (χ2n) is 12.3. The van der Waals surface area contributed by atoms with Crippen molar-refractivity contribution >= 4 is 11.8 Å². The molecule has 0 amide bonds. The van der Waals surface area contributed by atoms with Gasteiger partial charge in [0, 0.05) is 11.8 Å². The zero-order valence-electron chi connectivity index (χ0n) is 19.9. The predicted molar refractivity (Wildman–Crippen MR) is 121 cm³/mol. The summed E-state index contributed by atoms with van der Waals surface area (Å²) in [6.07, 6.45) is 14.9. The molecule has 0 aromatic carbocycles. The summed E-state index contributed by atoms with van der Waals surface area (Å²) >= 11 is 0. The second kappa shape index (κ2) is 8.47. The molecule has 0 unspecified atom stereocenters. The molecule has 7 atom stereocenters. The standard InChI is InChI=1S/C27H43NO3/c1-26-13-10-20(31-25(30)12-17-28-15-4-3-5-16-28)18-19(26)6-7-21-22-8-9-24(29)27(22,2)14-11-23(21)26/h19-23H,3-18H2,1-2H3/p+1/t19-,20-,21-,22-,23-,26-,27-/m0/s1. The van der Waals surface area contributed by atoms with Crippen molar-refractivity contribution in [2.24, 2.45) is 34.5 Å². The minimum absolute atomic E-state index is 0.0204. The normalized spacial score (nSPS) is 45.5. The number of piperidine rings is 1. The van der Waals surface area contributed by atoms with E-state index >= 15 is 0 Å². The minimum Gasteiger partial charge on any atom is -0.462 e. The van der Waals surface area contributed by atoms with E-state index < -0.39 is 0 Å². The Balaban J connectivity index is 1.17. The lowest BCUT2D eigenvalue weighted by atomic mass is 9.45. The van der Waals surface area contributed by atoms with Crippen molar-refractivity contribution in [3.63, 3.8) is 0 Å². The van der Waals surface area contributed by atoms with E-state index in [-0.39, 0.29) is 17.5 Å². The highest BCUT2D eigenvalue weighted by molar-refractivity contribution is 5.87. The Morgan fingerprint density at radius 1 is 1.00 bits per heavy atom. The highest BCUT2D eigenvalue weighted by Gasteiger charge is 2.60. The van der Waals surface area contributed by atoms with E-state index in [0.717, 1.165) is 50.5 Å². The molecule has 174 valence electrons. The molecule has 1 saturated heterocycles. The third-order valence-electron chi connectivity index (χ3n) is 10.9. The molecule has 1 N–H and O–H groups in total. The van der Waals surface area contributed by atoms with Crippen LogP contribution in [0.25, 0.3) is 0 Å². The summed E-state index contributed by atoms with van der Waals surface area (Å²) in [6.45, 7) is 8.23. The Morgan fingerprint density at radius 2 is 1.81 bits per heavy atom. The molecule has 0 bridgehead atoms. The van der Waals surface area contributed by atoms with Crippen LogP contribution in [0.4, 0.5) is 0 Å². The van der Waals surface area contributed by atoms with Crippen LogP contribution in [-0.4, -0.2) is 37.5 Å². The molecular formula is C27H44NO3+. The van der Waals surface area contributed by atoms with Gasteiger partial charge < -0.3 is 9.64 Å². The van der Waals surface area contributed by atoms with Crippen LogP contribution in [0.1, 0.15) is 97.3 Å². The highest BCUT2D eigenvalue weighted by Crippen LogP contribution is 2.65. The Labute approximate surface area is 188 Å². The molecule has 0 aromatic rings. The molecule has 5 rings (SSSR count). The van der Waals surface area contributed by atoms with Gasteiger partial charge in [-0.15, -0.1) is 0 Å². The van der Waals surface area contributed by atoms with E-state index in [4.69, 9.17) is 4.74 Å². The maximum absolute atomic E-state index is 12.6. The summed E-state index contributed by atoms with van der Waals surface area (Å²) in [5.74, 6) is 3.43. The Morgan fingerprint density at radius 3 is 2.61 bits per heavy atom. The molecule has 1 heterocycles. The lowest BCUT2D eigenvalue weighted by molar-refractivity contribution is -0.904. The van der Waals surface area contributed by atoms with E-state index in [1.807, 2.05) is 0 Å². The summed E-state index contributed by atoms with van der Waals surface area (Å²) in [5, 5.41) is 0. The summed E-state index contributed by atoms with van der Waals surface area (Å²) < 4.78 is 6.01. The molecule has 0 aromatic heterocycles. The van der Waals surface area contributed by atoms with Gasteiger partial charge in [-0.1, -0.05) is 13.8 Å². The smallest absolute Gasteiger partial charge is 0.311 e. The van der Waals surface area contributed by atoms with Crippen LogP contribution in [0.3, 0.4) is 0 Å². The van der Waals surface area contributed by atoms with Gasteiger partial charge >= 0.3 is 5.97 Å². The summed E-state index contributed by atoms with van der Waals surface area (Å²) in [6, 6.07) is 0. The van der Waals surface area contributed by atoms with Gasteiger partial charge in [0.05, 0.1) is 26.1 Å². The number of ether oxygens (including phenoxy) is 1. The average Bonchev–Trinajstić information content (AvgIpc) is 3.08. The molecule has 4 aliphatic carbocycles. The van der Waals surface area contributed by atoms with E-state index in [1.54, 1.807) is 4.90 Å². The van der Waals surface area contributed by atoms with E-state index in [0.29, 0.717) is 29.5 Å². The van der Waals surface area contributed by atoms with Crippen molar-refractivity contribution in [3.05, 3.63) is 0 Å². The number of quaternary nitrogens is 1. The number of hydrogen-bond donors (Lipinski definition) is 1. The molecule has 4 saturated carbocycles. The lowest BCUT2D eigenvalue weighted by Crippen LogP contribution is -3.12. The Kier molecular flexibility index (Phi) is 5.99. The maximum atomic E-state index is 12.6. The predicted octanol–water partition coefficient (Wildman–Crippen LogP) is 3.97. The number of ketones is 1. The maximum Gasteiger partial charge on any atom is 0.311 e. The largest absolute Gasteiger partial charge is 0.462 e. The lowest BCUT2D eigenvalue weighted by Gasteiger charge is -2.60. The number of rotatable bonds is 4. The number of Topliss-reactive ketones (excluding diaryl/α,β-unsaturated/α-hetero) is 1. The van der Waals surface area contributed by atoms with Crippen LogP contribution in [-0.2, 0) is 14.3 Å². The van der Waals surface area contributed by atoms with Crippen molar-refractivity contribution in [1.82, 2.24) is 0 Å². The fraction of sp³-hybridized carbons (Fsp3) is 0.926. The molecule has 0 spiro atoms. The fourth-order valence-corrected chi connectivity index (χ4v) is 8.92. The van der Waals surface area contributed by atoms with Crippen LogP contribution >= 0.6 is 0 Å². The first kappa shape index (κ1) is 21.9. The minimum atomic E-state index is -0.0204. The molecule has 5 fully saturated rings. The average molecular weight is 431 g/mol. The van der Waals surface area contributed by atoms with Crippen molar-refractivity contribution in [3.8, 4) is 0 Å². The number of fused-ring (bicyclic) bond motifs is 5. The second-order valence-corrected chi connectivity index (χ2v) is 12.3. The molecule has 5 aliphatic rings. The molecule has 4 nitrogen and oxygen atoms in total. The Bertz CT molecular complexity index is 701. The van der Waals surface area contributed by atoms with Crippen molar-refractivity contribution < 1.29 is 19.2 Å². The van der Waals surface area contributed by atoms with Crippen LogP contribution < -0.4 is 4.90 Å². The number of esters is 1. The SMILES string of the molecule is C[C@]12CC[C@H](OC(=O)CC[NH+]3CCCCC3)C[C@@H]1CC[C@@H]1[C@@H]2CC[C@]2(C)C(=O)CC[C@@H]12. The van der Waals surface area contributed by atoms with Gasteiger partial charge in [-0.05, 0) is 99.7 Å². The first-order valence-corrected chi connectivity index (χ1v) is 13.5. The first-order chi connectivity index (χ1) is 14.9. The number of hydrogen-bond acceptors (Lipinski definition) is 3.